The zero-order valence-electron chi connectivity index (χ0n) is 15.8. The third-order valence-electron chi connectivity index (χ3n) is 4.93. The second kappa shape index (κ2) is 7.79. The van der Waals surface area contributed by atoms with Crippen LogP contribution in [0.5, 0.6) is 0 Å². The van der Waals surface area contributed by atoms with E-state index in [0.29, 0.717) is 12.3 Å². The van der Waals surface area contributed by atoms with Crippen LogP contribution in [-0.2, 0) is 16.9 Å². The number of imide groups is 1. The second-order valence-corrected chi connectivity index (χ2v) is 7.68. The molecule has 0 saturated carbocycles. The minimum absolute atomic E-state index is 0.0829. The fraction of sp³-hybridized carbons (Fsp3) is 0.238. The van der Waals surface area contributed by atoms with E-state index >= 15 is 0 Å². The van der Waals surface area contributed by atoms with E-state index in [2.05, 4.69) is 31.4 Å². The summed E-state index contributed by atoms with van der Waals surface area (Å²) in [5, 5.41) is 11.0. The molecule has 1 atom stereocenters. The van der Waals surface area contributed by atoms with Gasteiger partial charge in [0.15, 0.2) is 0 Å². The standard InChI is InChI=1S/C21H19BrN4O3/c1-2-12-21(14-8-4-3-5-9-14)19(27)26(20(28)23-21)13-17-24-25-18(29-17)15-10-6-7-11-16(15)22/h3-11H,2,12-13H2,1H3,(H,23,28)/t21-/m0/s1. The number of carbonyl (C=O) groups is 2. The maximum absolute atomic E-state index is 13.3. The number of hydrogen-bond donors (Lipinski definition) is 1. The topological polar surface area (TPSA) is 88.3 Å². The van der Waals surface area contributed by atoms with Gasteiger partial charge in [0, 0.05) is 4.47 Å². The van der Waals surface area contributed by atoms with Crippen molar-refractivity contribution < 1.29 is 14.0 Å². The fourth-order valence-electron chi connectivity index (χ4n) is 3.57. The summed E-state index contributed by atoms with van der Waals surface area (Å²) in [5.74, 6) is 0.207. The Hall–Kier alpha value is -3.00. The SMILES string of the molecule is CCC[C@@]1(c2ccccc2)NC(=O)N(Cc2nnc(-c3ccccc3Br)o2)C1=O. The molecule has 8 heteroatoms. The van der Waals surface area contributed by atoms with E-state index < -0.39 is 11.6 Å². The molecular formula is C21H19BrN4O3. The summed E-state index contributed by atoms with van der Waals surface area (Å²) < 4.78 is 6.53. The van der Waals surface area contributed by atoms with Gasteiger partial charge in [-0.25, -0.2) is 4.79 Å². The van der Waals surface area contributed by atoms with Crippen LogP contribution in [0, 0.1) is 0 Å². The van der Waals surface area contributed by atoms with Crippen LogP contribution in [0.1, 0.15) is 31.2 Å². The Morgan fingerprint density at radius 3 is 2.52 bits per heavy atom. The third-order valence-corrected chi connectivity index (χ3v) is 5.62. The molecule has 1 saturated heterocycles. The van der Waals surface area contributed by atoms with Crippen molar-refractivity contribution in [1.29, 1.82) is 0 Å². The Balaban J connectivity index is 1.61. The first-order chi connectivity index (χ1) is 14.0. The predicted molar refractivity (Wildman–Crippen MR) is 110 cm³/mol. The Morgan fingerprint density at radius 1 is 1.07 bits per heavy atom. The van der Waals surface area contributed by atoms with Crippen LogP contribution in [0.15, 0.2) is 63.5 Å². The van der Waals surface area contributed by atoms with Crippen molar-refractivity contribution in [1.82, 2.24) is 20.4 Å². The van der Waals surface area contributed by atoms with Gasteiger partial charge in [-0.05, 0) is 40.0 Å². The Labute approximate surface area is 176 Å². The molecule has 148 valence electrons. The summed E-state index contributed by atoms with van der Waals surface area (Å²) >= 11 is 3.45. The first-order valence-corrected chi connectivity index (χ1v) is 10.1. The van der Waals surface area contributed by atoms with Gasteiger partial charge in [0.2, 0.25) is 11.8 Å². The molecule has 1 N–H and O–H groups in total. The Bertz CT molecular complexity index is 1050. The van der Waals surface area contributed by atoms with Crippen LogP contribution >= 0.6 is 15.9 Å². The lowest BCUT2D eigenvalue weighted by Crippen LogP contribution is -2.43. The lowest BCUT2D eigenvalue weighted by molar-refractivity contribution is -0.132. The Kier molecular flexibility index (Phi) is 5.19. The molecule has 0 spiro atoms. The van der Waals surface area contributed by atoms with Crippen LogP contribution in [0.2, 0.25) is 0 Å². The molecule has 1 aromatic heterocycles. The highest BCUT2D eigenvalue weighted by molar-refractivity contribution is 9.10. The van der Waals surface area contributed by atoms with Crippen molar-refractivity contribution in [3.8, 4) is 11.5 Å². The quantitative estimate of drug-likeness (QED) is 0.562. The zero-order valence-corrected chi connectivity index (χ0v) is 17.3. The van der Waals surface area contributed by atoms with E-state index in [-0.39, 0.29) is 18.3 Å². The number of halogens is 1. The summed E-state index contributed by atoms with van der Waals surface area (Å²) in [6.07, 6.45) is 1.24. The van der Waals surface area contributed by atoms with Crippen LogP contribution in [0.25, 0.3) is 11.5 Å². The normalized spacial score (nSPS) is 18.9. The first-order valence-electron chi connectivity index (χ1n) is 9.32. The molecule has 0 aliphatic carbocycles. The number of carbonyl (C=O) groups excluding carboxylic acids is 2. The molecule has 4 rings (SSSR count). The van der Waals surface area contributed by atoms with Crippen LogP contribution in [0.3, 0.4) is 0 Å². The van der Waals surface area contributed by atoms with Crippen LogP contribution in [0.4, 0.5) is 4.79 Å². The molecule has 1 aliphatic heterocycles. The van der Waals surface area contributed by atoms with Crippen molar-refractivity contribution in [2.45, 2.75) is 31.8 Å². The minimum Gasteiger partial charge on any atom is -0.419 e. The zero-order chi connectivity index (χ0) is 20.4. The first kappa shape index (κ1) is 19.3. The average Bonchev–Trinajstić information content (AvgIpc) is 3.29. The predicted octanol–water partition coefficient (Wildman–Crippen LogP) is 4.25. The third kappa shape index (κ3) is 3.44. The molecule has 1 fully saturated rings. The Morgan fingerprint density at radius 2 is 1.79 bits per heavy atom. The van der Waals surface area contributed by atoms with E-state index in [1.165, 1.54) is 0 Å². The highest BCUT2D eigenvalue weighted by Crippen LogP contribution is 2.34. The van der Waals surface area contributed by atoms with Crippen LogP contribution in [-0.4, -0.2) is 27.0 Å². The lowest BCUT2D eigenvalue weighted by Gasteiger charge is -2.26. The van der Waals surface area contributed by atoms with E-state index in [1.807, 2.05) is 61.5 Å². The lowest BCUT2D eigenvalue weighted by atomic mass is 9.85. The smallest absolute Gasteiger partial charge is 0.325 e. The van der Waals surface area contributed by atoms with Crippen molar-refractivity contribution >= 4 is 27.9 Å². The maximum atomic E-state index is 13.3. The largest absolute Gasteiger partial charge is 0.419 e. The fourth-order valence-corrected chi connectivity index (χ4v) is 4.03. The van der Waals surface area contributed by atoms with E-state index in [1.54, 1.807) is 0 Å². The maximum Gasteiger partial charge on any atom is 0.325 e. The molecule has 0 bridgehead atoms. The monoisotopic (exact) mass is 454 g/mol. The number of nitrogens with zero attached hydrogens (tertiary/aromatic N) is 3. The van der Waals surface area contributed by atoms with Crippen molar-refractivity contribution in [3.63, 3.8) is 0 Å². The molecule has 3 aromatic rings. The number of hydrogen-bond acceptors (Lipinski definition) is 5. The summed E-state index contributed by atoms with van der Waals surface area (Å²) in [4.78, 5) is 27.1. The molecule has 29 heavy (non-hydrogen) atoms. The highest BCUT2D eigenvalue weighted by Gasteiger charge is 2.52. The van der Waals surface area contributed by atoms with Gasteiger partial charge in [0.25, 0.3) is 5.91 Å². The van der Waals surface area contributed by atoms with Crippen molar-refractivity contribution in [3.05, 3.63) is 70.5 Å². The molecule has 2 aromatic carbocycles. The summed E-state index contributed by atoms with van der Waals surface area (Å²) in [6, 6.07) is 16.3. The summed E-state index contributed by atoms with van der Waals surface area (Å²) in [5.41, 5.74) is 0.438. The number of urea groups is 1. The average molecular weight is 455 g/mol. The van der Waals surface area contributed by atoms with Crippen LogP contribution < -0.4 is 5.32 Å². The molecule has 0 unspecified atom stereocenters. The van der Waals surface area contributed by atoms with Crippen molar-refractivity contribution in [2.75, 3.05) is 0 Å². The minimum atomic E-state index is -1.07. The van der Waals surface area contributed by atoms with Gasteiger partial charge >= 0.3 is 6.03 Å². The molecule has 7 nitrogen and oxygen atoms in total. The molecule has 2 heterocycles. The van der Waals surface area contributed by atoms with Gasteiger partial charge in [-0.3, -0.25) is 9.69 Å². The van der Waals surface area contributed by atoms with E-state index in [9.17, 15) is 9.59 Å². The highest BCUT2D eigenvalue weighted by atomic mass is 79.9. The van der Waals surface area contributed by atoms with E-state index in [4.69, 9.17) is 4.42 Å². The van der Waals surface area contributed by atoms with Gasteiger partial charge in [-0.1, -0.05) is 55.8 Å². The number of rotatable bonds is 6. The molecular weight excluding hydrogens is 436 g/mol. The summed E-state index contributed by atoms with van der Waals surface area (Å²) in [7, 11) is 0. The summed E-state index contributed by atoms with van der Waals surface area (Å²) in [6.45, 7) is 1.90. The van der Waals surface area contributed by atoms with Crippen molar-refractivity contribution in [2.24, 2.45) is 0 Å². The number of aromatic nitrogens is 2. The molecule has 0 radical (unpaired) electrons. The van der Waals surface area contributed by atoms with Gasteiger partial charge in [0.05, 0.1) is 5.56 Å². The van der Waals surface area contributed by atoms with Gasteiger partial charge in [-0.15, -0.1) is 10.2 Å². The van der Waals surface area contributed by atoms with Gasteiger partial charge in [-0.2, -0.15) is 0 Å². The second-order valence-electron chi connectivity index (χ2n) is 6.82. The number of amides is 3. The number of nitrogens with one attached hydrogen (secondary N) is 1. The van der Waals surface area contributed by atoms with Gasteiger partial charge < -0.3 is 9.73 Å². The number of benzene rings is 2. The van der Waals surface area contributed by atoms with Gasteiger partial charge in [0.1, 0.15) is 12.1 Å². The van der Waals surface area contributed by atoms with E-state index in [0.717, 1.165) is 26.9 Å². The molecule has 1 aliphatic rings. The molecule has 3 amide bonds.